The van der Waals surface area contributed by atoms with Gasteiger partial charge in [-0.05, 0) is 67.6 Å². The number of carbonyl (C=O) groups is 1. The van der Waals surface area contributed by atoms with E-state index in [9.17, 15) is 26.4 Å². The van der Waals surface area contributed by atoms with Crippen LogP contribution in [0.2, 0.25) is 0 Å². The van der Waals surface area contributed by atoms with Crippen LogP contribution in [0.5, 0.6) is 17.2 Å². The number of nitrogens with zero attached hydrogens (tertiary/aromatic N) is 1. The average Bonchev–Trinajstić information content (AvgIpc) is 2.87. The van der Waals surface area contributed by atoms with Crippen LogP contribution in [0.15, 0.2) is 71.6 Å². The molecule has 0 heterocycles. The first-order valence-electron chi connectivity index (χ1n) is 10.9. The smallest absolute Gasteiger partial charge is 0.416 e. The molecule has 0 aliphatic rings. The minimum Gasteiger partial charge on any atom is -0.494 e. The Morgan fingerprint density at radius 3 is 2.08 bits per heavy atom. The molecule has 37 heavy (non-hydrogen) atoms. The molecule has 12 heteroatoms. The maximum Gasteiger partial charge on any atom is 0.416 e. The summed E-state index contributed by atoms with van der Waals surface area (Å²) in [6.45, 7) is 1.54. The molecule has 0 saturated carbocycles. The van der Waals surface area contributed by atoms with Crippen LogP contribution < -0.4 is 23.8 Å². The van der Waals surface area contributed by atoms with Crippen molar-refractivity contribution < 1.29 is 40.6 Å². The molecule has 0 aromatic heterocycles. The Balaban J connectivity index is 1.94. The fraction of sp³-hybridized carbons (Fsp3) is 0.240. The lowest BCUT2D eigenvalue weighted by atomic mass is 10.2. The zero-order valence-electron chi connectivity index (χ0n) is 20.2. The van der Waals surface area contributed by atoms with Crippen LogP contribution in [0.3, 0.4) is 0 Å². The third-order valence-corrected chi connectivity index (χ3v) is 6.93. The highest BCUT2D eigenvalue weighted by Gasteiger charge is 2.31. The van der Waals surface area contributed by atoms with Crippen molar-refractivity contribution >= 4 is 27.3 Å². The van der Waals surface area contributed by atoms with Gasteiger partial charge in [-0.1, -0.05) is 0 Å². The molecule has 1 N–H and O–H groups in total. The lowest BCUT2D eigenvalue weighted by Gasteiger charge is -2.25. The second kappa shape index (κ2) is 11.4. The molecule has 198 valence electrons. The number of benzene rings is 3. The largest absolute Gasteiger partial charge is 0.494 e. The van der Waals surface area contributed by atoms with Gasteiger partial charge in [0.15, 0.2) is 11.5 Å². The molecule has 0 saturated heterocycles. The molecule has 0 bridgehead atoms. The average molecular weight is 539 g/mol. The summed E-state index contributed by atoms with van der Waals surface area (Å²) in [5.74, 6) is 0.222. The fourth-order valence-corrected chi connectivity index (χ4v) is 4.80. The lowest BCUT2D eigenvalue weighted by molar-refractivity contribution is -0.137. The van der Waals surface area contributed by atoms with Crippen molar-refractivity contribution in [1.29, 1.82) is 0 Å². The van der Waals surface area contributed by atoms with E-state index >= 15 is 0 Å². The monoisotopic (exact) mass is 538 g/mol. The molecule has 0 aliphatic heterocycles. The zero-order chi connectivity index (χ0) is 27.2. The maximum absolute atomic E-state index is 13.6. The fourth-order valence-electron chi connectivity index (χ4n) is 3.37. The molecule has 8 nitrogen and oxygen atoms in total. The van der Waals surface area contributed by atoms with Crippen molar-refractivity contribution in [2.75, 3.05) is 37.0 Å². The summed E-state index contributed by atoms with van der Waals surface area (Å²) in [6.07, 6.45) is -4.53. The van der Waals surface area contributed by atoms with Crippen molar-refractivity contribution in [3.05, 3.63) is 72.3 Å². The number of anilines is 2. The first-order chi connectivity index (χ1) is 17.5. The number of hydrogen-bond donors (Lipinski definition) is 1. The quantitative estimate of drug-likeness (QED) is 0.392. The summed E-state index contributed by atoms with van der Waals surface area (Å²) in [5.41, 5.74) is -0.633. The van der Waals surface area contributed by atoms with Crippen molar-refractivity contribution in [2.24, 2.45) is 0 Å². The Labute approximate surface area is 212 Å². The Morgan fingerprint density at radius 2 is 1.54 bits per heavy atom. The topological polar surface area (TPSA) is 94.2 Å². The molecule has 0 radical (unpaired) electrons. The van der Waals surface area contributed by atoms with Crippen molar-refractivity contribution in [1.82, 2.24) is 0 Å². The van der Waals surface area contributed by atoms with Crippen LogP contribution in [-0.2, 0) is 21.0 Å². The second-order valence-electron chi connectivity index (χ2n) is 7.58. The minimum absolute atomic E-state index is 0.0770. The van der Waals surface area contributed by atoms with Crippen molar-refractivity contribution in [3.63, 3.8) is 0 Å². The van der Waals surface area contributed by atoms with Crippen LogP contribution in [0, 0.1) is 0 Å². The van der Waals surface area contributed by atoms with Gasteiger partial charge in [0.2, 0.25) is 5.91 Å². The Morgan fingerprint density at radius 1 is 0.919 bits per heavy atom. The van der Waals surface area contributed by atoms with Gasteiger partial charge >= 0.3 is 6.18 Å². The number of nitrogens with one attached hydrogen (secondary N) is 1. The molecule has 3 aromatic carbocycles. The number of hydrogen-bond acceptors (Lipinski definition) is 6. The normalized spacial score (nSPS) is 11.5. The van der Waals surface area contributed by atoms with E-state index in [1.54, 1.807) is 19.1 Å². The van der Waals surface area contributed by atoms with E-state index in [1.165, 1.54) is 44.6 Å². The van der Waals surface area contributed by atoms with Gasteiger partial charge in [0.05, 0.1) is 37.0 Å². The Kier molecular flexibility index (Phi) is 8.53. The number of halogens is 3. The van der Waals surface area contributed by atoms with Gasteiger partial charge in [-0.2, -0.15) is 13.2 Å². The van der Waals surface area contributed by atoms with E-state index in [-0.39, 0.29) is 22.0 Å². The molecule has 0 atom stereocenters. The number of alkyl halides is 3. The molecule has 1 amide bonds. The van der Waals surface area contributed by atoms with Crippen LogP contribution in [0.4, 0.5) is 24.5 Å². The zero-order valence-corrected chi connectivity index (χ0v) is 21.0. The summed E-state index contributed by atoms with van der Waals surface area (Å²) in [5, 5.41) is 2.44. The third kappa shape index (κ3) is 6.64. The SMILES string of the molecule is CCOc1ccc(N(CC(=O)Nc2ccc(C(F)(F)F)cc2)S(=O)(=O)c2ccc(OC)c(OC)c2)cc1. The molecule has 0 spiro atoms. The van der Waals surface area contributed by atoms with Crippen LogP contribution in [0.1, 0.15) is 12.5 Å². The maximum atomic E-state index is 13.6. The molecule has 3 aromatic rings. The number of amides is 1. The van der Waals surface area contributed by atoms with Gasteiger partial charge in [0.25, 0.3) is 10.0 Å². The van der Waals surface area contributed by atoms with E-state index in [4.69, 9.17) is 14.2 Å². The highest BCUT2D eigenvalue weighted by molar-refractivity contribution is 7.92. The van der Waals surface area contributed by atoms with Gasteiger partial charge in [-0.3, -0.25) is 9.10 Å². The summed E-state index contributed by atoms with van der Waals surface area (Å²) in [7, 11) is -1.54. The van der Waals surface area contributed by atoms with Gasteiger partial charge < -0.3 is 19.5 Å². The van der Waals surface area contributed by atoms with Crippen LogP contribution >= 0.6 is 0 Å². The summed E-state index contributed by atoms with van der Waals surface area (Å²) >= 11 is 0. The van der Waals surface area contributed by atoms with Gasteiger partial charge in [-0.25, -0.2) is 8.42 Å². The summed E-state index contributed by atoms with van der Waals surface area (Å²) in [4.78, 5) is 12.7. The second-order valence-corrected chi connectivity index (χ2v) is 9.44. The number of carbonyl (C=O) groups excluding carboxylic acids is 1. The highest BCUT2D eigenvalue weighted by Crippen LogP contribution is 2.33. The first-order valence-corrected chi connectivity index (χ1v) is 12.4. The van der Waals surface area contributed by atoms with Gasteiger partial charge in [0, 0.05) is 11.8 Å². The van der Waals surface area contributed by atoms with Gasteiger partial charge in [-0.15, -0.1) is 0 Å². The first kappa shape index (κ1) is 27.7. The number of rotatable bonds is 10. The van der Waals surface area contributed by atoms with Crippen LogP contribution in [0.25, 0.3) is 0 Å². The standard InChI is InChI=1S/C25H25F3N2O6S/c1-4-36-20-11-9-19(10-12-20)30(37(32,33)21-13-14-22(34-2)23(15-21)35-3)16-24(31)29-18-7-5-17(6-8-18)25(26,27)28/h5-15H,4,16H2,1-3H3,(H,29,31). The third-order valence-electron chi connectivity index (χ3n) is 5.16. The van der Waals surface area contributed by atoms with E-state index in [2.05, 4.69) is 5.32 Å². The molecule has 0 fully saturated rings. The molecule has 0 aliphatic carbocycles. The van der Waals surface area contributed by atoms with Crippen molar-refractivity contribution in [3.8, 4) is 17.2 Å². The Hall–Kier alpha value is -3.93. The Bertz CT molecular complexity index is 1330. The van der Waals surface area contributed by atoms with E-state index in [0.29, 0.717) is 18.1 Å². The molecular formula is C25H25F3N2O6S. The van der Waals surface area contributed by atoms with E-state index in [0.717, 1.165) is 28.6 Å². The van der Waals surface area contributed by atoms with E-state index < -0.39 is 34.2 Å². The predicted molar refractivity (Wildman–Crippen MR) is 132 cm³/mol. The molecule has 3 rings (SSSR count). The van der Waals surface area contributed by atoms with Gasteiger partial charge in [0.1, 0.15) is 12.3 Å². The van der Waals surface area contributed by atoms with Crippen molar-refractivity contribution in [2.45, 2.75) is 18.0 Å². The summed E-state index contributed by atoms with van der Waals surface area (Å²) in [6, 6.07) is 13.9. The molecule has 0 unspecified atom stereocenters. The highest BCUT2D eigenvalue weighted by atomic mass is 32.2. The predicted octanol–water partition coefficient (Wildman–Crippen LogP) is 4.96. The number of ether oxygens (including phenoxy) is 3. The summed E-state index contributed by atoms with van der Waals surface area (Å²) < 4.78 is 82.4. The molecular weight excluding hydrogens is 513 g/mol. The number of methoxy groups -OCH3 is 2. The number of sulfonamides is 1. The lowest BCUT2D eigenvalue weighted by Crippen LogP contribution is -2.38. The van der Waals surface area contributed by atoms with Crippen LogP contribution in [-0.4, -0.2) is 41.7 Å². The minimum atomic E-state index is -4.53. The van der Waals surface area contributed by atoms with E-state index in [1.807, 2.05) is 0 Å².